The molecule has 2 aromatic rings. The van der Waals surface area contributed by atoms with E-state index in [1.165, 1.54) is 30.4 Å². The van der Waals surface area contributed by atoms with Gasteiger partial charge in [0.15, 0.2) is 0 Å². The molecule has 4 N–H and O–H groups in total. The largest absolute Gasteiger partial charge is 0.508 e. The van der Waals surface area contributed by atoms with Gasteiger partial charge in [0.1, 0.15) is 5.75 Å². The van der Waals surface area contributed by atoms with Crippen molar-refractivity contribution in [1.29, 1.82) is 0 Å². The molecular formula is C25H37NO4S. The van der Waals surface area contributed by atoms with Crippen molar-refractivity contribution in [1.82, 2.24) is 0 Å². The van der Waals surface area contributed by atoms with Gasteiger partial charge in [0.2, 0.25) is 0 Å². The third-order valence-corrected chi connectivity index (χ3v) is 5.50. The van der Waals surface area contributed by atoms with E-state index in [0.29, 0.717) is 5.75 Å². The van der Waals surface area contributed by atoms with Crippen molar-refractivity contribution in [3.63, 3.8) is 0 Å². The van der Waals surface area contributed by atoms with Crippen LogP contribution in [-0.2, 0) is 30.8 Å². The molecule has 0 bridgehead atoms. The summed E-state index contributed by atoms with van der Waals surface area (Å²) >= 11 is -0.750. The van der Waals surface area contributed by atoms with Crippen LogP contribution in [0.2, 0.25) is 0 Å². The third-order valence-electron chi connectivity index (χ3n) is 5.50. The molecular weight excluding hydrogens is 410 g/mol. The second-order valence-corrected chi connectivity index (χ2v) is 7.98. The zero-order valence-corrected chi connectivity index (χ0v) is 19.4. The molecule has 5 nitrogen and oxygen atoms in total. The number of benzene rings is 2. The van der Waals surface area contributed by atoms with Crippen LogP contribution in [0.5, 0.6) is 5.75 Å². The Kier molecular flexibility index (Phi) is 14.5. The second kappa shape index (κ2) is 16.6. The van der Waals surface area contributed by atoms with Crippen molar-refractivity contribution in [2.75, 3.05) is 6.54 Å². The number of unbranched alkanes of at least 4 members (excludes halogenated alkanes) is 4. The molecule has 2 rings (SSSR count). The second-order valence-electron chi connectivity index (χ2n) is 7.84. The average molecular weight is 448 g/mol. The number of nitrogens with two attached hydrogens (primary N) is 1. The molecule has 0 radical (unpaired) electrons. The Balaban J connectivity index is 0.00000151. The summed E-state index contributed by atoms with van der Waals surface area (Å²) in [6, 6.07) is 14.5. The maximum Gasteiger partial charge on any atom is 0.335 e. The summed E-state index contributed by atoms with van der Waals surface area (Å²) in [6.45, 7) is 2.80. The van der Waals surface area contributed by atoms with Gasteiger partial charge >= 0.3 is 11.6 Å². The van der Waals surface area contributed by atoms with Gasteiger partial charge in [0, 0.05) is 0 Å². The van der Waals surface area contributed by atoms with E-state index < -0.39 is 17.7 Å². The molecule has 31 heavy (non-hydrogen) atoms. The molecule has 0 aliphatic heterocycles. The minimum absolute atomic E-state index is 0.321. The summed E-state index contributed by atoms with van der Waals surface area (Å²) in [4.78, 5) is 0. The zero-order valence-electron chi connectivity index (χ0n) is 18.6. The Morgan fingerprint density at radius 3 is 1.97 bits per heavy atom. The highest BCUT2D eigenvalue weighted by atomic mass is 32.1. The highest BCUT2D eigenvalue weighted by Gasteiger charge is 2.09. The molecule has 0 amide bonds. The van der Waals surface area contributed by atoms with E-state index in [4.69, 9.17) is 14.2 Å². The van der Waals surface area contributed by atoms with Gasteiger partial charge in [0.05, 0.1) is 6.10 Å². The van der Waals surface area contributed by atoms with Crippen LogP contribution >= 0.6 is 0 Å². The first-order chi connectivity index (χ1) is 15.0. The van der Waals surface area contributed by atoms with Crippen molar-refractivity contribution >= 4 is 11.6 Å². The summed E-state index contributed by atoms with van der Waals surface area (Å²) in [5, 5.41) is 20.1. The minimum Gasteiger partial charge on any atom is -0.508 e. The molecule has 0 saturated heterocycles. The summed E-state index contributed by atoms with van der Waals surface area (Å²) in [5.41, 5.74) is 10.2. The lowest BCUT2D eigenvalue weighted by Crippen LogP contribution is -1.99. The van der Waals surface area contributed by atoms with Crippen molar-refractivity contribution in [3.8, 4) is 5.75 Å². The van der Waals surface area contributed by atoms with Gasteiger partial charge in [-0.25, -0.2) is 0 Å². The molecule has 1 atom stereocenters. The highest BCUT2D eigenvalue weighted by Crippen LogP contribution is 2.26. The van der Waals surface area contributed by atoms with E-state index >= 15 is 0 Å². The van der Waals surface area contributed by atoms with Crippen molar-refractivity contribution in [2.24, 2.45) is 5.73 Å². The van der Waals surface area contributed by atoms with E-state index in [9.17, 15) is 10.2 Å². The van der Waals surface area contributed by atoms with Gasteiger partial charge in [-0.2, -0.15) is 8.42 Å². The molecule has 0 aromatic heterocycles. The summed E-state index contributed by atoms with van der Waals surface area (Å²) in [6.07, 6.45) is 10.2. The van der Waals surface area contributed by atoms with Crippen LogP contribution in [0.1, 0.15) is 80.2 Å². The molecule has 172 valence electrons. The fourth-order valence-electron chi connectivity index (χ4n) is 3.63. The lowest BCUT2D eigenvalue weighted by Gasteiger charge is -2.13. The predicted molar refractivity (Wildman–Crippen MR) is 127 cm³/mol. The van der Waals surface area contributed by atoms with E-state index in [2.05, 4.69) is 24.3 Å². The molecule has 0 spiro atoms. The van der Waals surface area contributed by atoms with E-state index in [-0.39, 0.29) is 0 Å². The number of hydrogen-bond acceptors (Lipinski definition) is 5. The van der Waals surface area contributed by atoms with Crippen molar-refractivity contribution in [2.45, 2.75) is 77.2 Å². The molecule has 0 heterocycles. The monoisotopic (exact) mass is 447 g/mol. The van der Waals surface area contributed by atoms with Crippen molar-refractivity contribution in [3.05, 3.63) is 64.7 Å². The van der Waals surface area contributed by atoms with Crippen LogP contribution in [0.4, 0.5) is 0 Å². The van der Waals surface area contributed by atoms with Crippen LogP contribution in [0.15, 0.2) is 42.5 Å². The summed E-state index contributed by atoms with van der Waals surface area (Å²) in [5.74, 6) is 0.321. The van der Waals surface area contributed by atoms with Gasteiger partial charge in [-0.3, -0.25) is 0 Å². The van der Waals surface area contributed by atoms with Crippen molar-refractivity contribution < 1.29 is 18.6 Å². The first kappa shape index (κ1) is 27.0. The Morgan fingerprint density at radius 1 is 0.871 bits per heavy atom. The molecule has 0 fully saturated rings. The normalized spacial score (nSPS) is 11.5. The number of aliphatic hydroxyl groups excluding tert-OH is 1. The number of phenolic OH excluding ortho intramolecular Hbond substituents is 1. The standard InChI is InChI=1S/C25H37NO2.O2S/c1-2-22-19-23(16-17-25(22)28)24(27)11-6-4-3-5-9-20-12-14-21(15-13-20)10-7-8-18-26;1-3-2/h12-17,19,24,27-28H,2-11,18,26H2,1H3;/t24-;/m0./s1. The van der Waals surface area contributed by atoms with Gasteiger partial charge in [-0.1, -0.05) is 56.5 Å². The zero-order chi connectivity index (χ0) is 22.9. The van der Waals surface area contributed by atoms with Crippen LogP contribution in [0, 0.1) is 0 Å². The molecule has 0 saturated carbocycles. The topological polar surface area (TPSA) is 101 Å². The first-order valence-electron chi connectivity index (χ1n) is 11.2. The van der Waals surface area contributed by atoms with E-state index in [1.54, 1.807) is 6.07 Å². The number of aromatic hydroxyl groups is 1. The minimum atomic E-state index is -0.750. The highest BCUT2D eigenvalue weighted by molar-refractivity contribution is 7.51. The average Bonchev–Trinajstić information content (AvgIpc) is 2.78. The quantitative estimate of drug-likeness (QED) is 0.383. The van der Waals surface area contributed by atoms with Gasteiger partial charge in [-0.05, 0) is 85.9 Å². The van der Waals surface area contributed by atoms with Crippen LogP contribution in [0.3, 0.4) is 0 Å². The first-order valence-corrected chi connectivity index (χ1v) is 11.9. The molecule has 0 aliphatic rings. The van der Waals surface area contributed by atoms with Crippen LogP contribution in [0.25, 0.3) is 0 Å². The molecule has 0 unspecified atom stereocenters. The lowest BCUT2D eigenvalue weighted by molar-refractivity contribution is 0.163. The fraction of sp³-hybridized carbons (Fsp3) is 0.520. The Labute approximate surface area is 190 Å². The molecule has 6 heteroatoms. The number of aryl methyl sites for hydroxylation is 3. The number of rotatable bonds is 13. The number of hydrogen-bond donors (Lipinski definition) is 3. The maximum absolute atomic E-state index is 10.4. The van der Waals surface area contributed by atoms with Gasteiger partial charge in [0.25, 0.3) is 0 Å². The van der Waals surface area contributed by atoms with E-state index in [1.807, 2.05) is 19.1 Å². The fourth-order valence-corrected chi connectivity index (χ4v) is 3.63. The van der Waals surface area contributed by atoms with E-state index in [0.717, 1.165) is 62.6 Å². The Morgan fingerprint density at radius 2 is 1.42 bits per heavy atom. The number of aliphatic hydroxyl groups is 1. The van der Waals surface area contributed by atoms with Crippen LogP contribution in [-0.4, -0.2) is 25.2 Å². The number of phenols is 1. The Bertz CT molecular complexity index is 774. The van der Waals surface area contributed by atoms with Gasteiger partial charge < -0.3 is 15.9 Å². The third kappa shape index (κ3) is 11.2. The Hall–Kier alpha value is -2.02. The molecule has 0 aliphatic carbocycles. The maximum atomic E-state index is 10.4. The molecule has 2 aromatic carbocycles. The van der Waals surface area contributed by atoms with Crippen LogP contribution < -0.4 is 5.73 Å². The van der Waals surface area contributed by atoms with Gasteiger partial charge in [-0.15, -0.1) is 0 Å². The smallest absolute Gasteiger partial charge is 0.335 e. The summed E-state index contributed by atoms with van der Waals surface area (Å²) < 4.78 is 16.6. The predicted octanol–water partition coefficient (Wildman–Crippen LogP) is 4.79. The summed E-state index contributed by atoms with van der Waals surface area (Å²) in [7, 11) is 0. The SMILES string of the molecule is CCc1cc([C@@H](O)CCCCCCc2ccc(CCCCN)cc2)ccc1O.O=S=O. The lowest BCUT2D eigenvalue weighted by atomic mass is 9.98.